The fraction of sp³-hybridized carbons (Fsp3) is 0.263. The smallest absolute Gasteiger partial charge is 0.234 e. The summed E-state index contributed by atoms with van der Waals surface area (Å²) >= 11 is 3.04. The van der Waals surface area contributed by atoms with Crippen LogP contribution >= 0.6 is 23.5 Å². The van der Waals surface area contributed by atoms with Gasteiger partial charge in [0.15, 0.2) is 0 Å². The molecule has 27 heavy (non-hydrogen) atoms. The van der Waals surface area contributed by atoms with Crippen molar-refractivity contribution in [2.24, 2.45) is 0 Å². The highest BCUT2D eigenvalue weighted by atomic mass is 32.2. The Morgan fingerprint density at radius 3 is 2.96 bits per heavy atom. The summed E-state index contributed by atoms with van der Waals surface area (Å²) in [5, 5.41) is 15.3. The standard InChI is InChI=1S/C19H19N5OS2/c1-26-19-21-22-23-24(19)16-7-3-6-15(11-16)20-18(25)12-27-17-9-8-13-4-2-5-14(13)10-17/h3,6-11H,2,4-5,12H2,1H3,(H,20,25). The minimum Gasteiger partial charge on any atom is -0.325 e. The lowest BCUT2D eigenvalue weighted by Gasteiger charge is -2.08. The molecule has 1 aliphatic carbocycles. The van der Waals surface area contributed by atoms with Crippen LogP contribution < -0.4 is 5.32 Å². The van der Waals surface area contributed by atoms with E-state index in [1.54, 1.807) is 16.4 Å². The van der Waals surface area contributed by atoms with E-state index in [1.807, 2.05) is 30.5 Å². The Morgan fingerprint density at radius 2 is 2.07 bits per heavy atom. The molecule has 8 heteroatoms. The Morgan fingerprint density at radius 1 is 1.19 bits per heavy atom. The fourth-order valence-corrected chi connectivity index (χ4v) is 4.36. The summed E-state index contributed by atoms with van der Waals surface area (Å²) in [5.41, 5.74) is 4.43. The van der Waals surface area contributed by atoms with E-state index in [-0.39, 0.29) is 5.91 Å². The van der Waals surface area contributed by atoms with E-state index in [4.69, 9.17) is 0 Å². The van der Waals surface area contributed by atoms with Gasteiger partial charge in [-0.3, -0.25) is 4.79 Å². The number of hydrogen-bond acceptors (Lipinski definition) is 6. The second kappa shape index (κ2) is 8.14. The highest BCUT2D eigenvalue weighted by molar-refractivity contribution is 8.00. The molecule has 1 aromatic heterocycles. The van der Waals surface area contributed by atoms with Crippen molar-refractivity contribution in [3.05, 3.63) is 53.6 Å². The first-order valence-electron chi connectivity index (χ1n) is 8.70. The van der Waals surface area contributed by atoms with Crippen LogP contribution in [0.5, 0.6) is 0 Å². The molecular weight excluding hydrogens is 378 g/mol. The Bertz CT molecular complexity index is 972. The number of aryl methyl sites for hydroxylation is 2. The van der Waals surface area contributed by atoms with Gasteiger partial charge in [-0.25, -0.2) is 0 Å². The molecule has 0 aliphatic heterocycles. The number of thioether (sulfide) groups is 2. The maximum atomic E-state index is 12.4. The van der Waals surface area contributed by atoms with Crippen molar-refractivity contribution in [1.29, 1.82) is 0 Å². The maximum Gasteiger partial charge on any atom is 0.234 e. The van der Waals surface area contributed by atoms with Crippen molar-refractivity contribution in [1.82, 2.24) is 20.2 Å². The third-order valence-corrected chi connectivity index (χ3v) is 6.05. The van der Waals surface area contributed by atoms with E-state index < -0.39 is 0 Å². The average molecular weight is 398 g/mol. The van der Waals surface area contributed by atoms with Gasteiger partial charge in [-0.15, -0.1) is 16.9 Å². The van der Waals surface area contributed by atoms with Gasteiger partial charge in [-0.1, -0.05) is 23.9 Å². The molecule has 0 bridgehead atoms. The van der Waals surface area contributed by atoms with Gasteiger partial charge in [0.1, 0.15) is 0 Å². The molecule has 0 atom stereocenters. The van der Waals surface area contributed by atoms with E-state index >= 15 is 0 Å². The molecule has 0 unspecified atom stereocenters. The molecule has 1 heterocycles. The molecule has 1 aliphatic rings. The summed E-state index contributed by atoms with van der Waals surface area (Å²) in [6.07, 6.45) is 5.48. The molecule has 138 valence electrons. The first kappa shape index (κ1) is 18.1. The molecular formula is C19H19N5OS2. The minimum atomic E-state index is -0.0283. The summed E-state index contributed by atoms with van der Waals surface area (Å²) in [4.78, 5) is 13.5. The lowest BCUT2D eigenvalue weighted by Crippen LogP contribution is -2.14. The number of carbonyl (C=O) groups is 1. The third kappa shape index (κ3) is 4.17. The third-order valence-electron chi connectivity index (χ3n) is 4.44. The van der Waals surface area contributed by atoms with Crippen molar-refractivity contribution >= 4 is 35.1 Å². The zero-order chi connectivity index (χ0) is 18.6. The number of hydrogen-bond donors (Lipinski definition) is 1. The first-order valence-corrected chi connectivity index (χ1v) is 10.9. The number of amides is 1. The van der Waals surface area contributed by atoms with Crippen LogP contribution in [-0.2, 0) is 17.6 Å². The van der Waals surface area contributed by atoms with Gasteiger partial charge < -0.3 is 5.32 Å². The lowest BCUT2D eigenvalue weighted by atomic mass is 10.1. The molecule has 4 rings (SSSR count). The Balaban J connectivity index is 1.39. The molecule has 0 saturated carbocycles. The van der Waals surface area contributed by atoms with Gasteiger partial charge in [0, 0.05) is 10.6 Å². The molecule has 0 saturated heterocycles. The highest BCUT2D eigenvalue weighted by Crippen LogP contribution is 2.27. The number of fused-ring (bicyclic) bond motifs is 1. The molecule has 1 amide bonds. The van der Waals surface area contributed by atoms with E-state index in [0.717, 1.165) is 22.7 Å². The van der Waals surface area contributed by atoms with Crippen LogP contribution in [0.2, 0.25) is 0 Å². The molecule has 2 aromatic carbocycles. The number of nitrogens with one attached hydrogen (secondary N) is 1. The summed E-state index contributed by atoms with van der Waals surface area (Å²) < 4.78 is 1.65. The monoisotopic (exact) mass is 397 g/mol. The first-order chi connectivity index (χ1) is 13.2. The van der Waals surface area contributed by atoms with Crippen LogP contribution in [0.3, 0.4) is 0 Å². The van der Waals surface area contributed by atoms with Crippen LogP contribution in [0.25, 0.3) is 5.69 Å². The number of carbonyl (C=O) groups excluding carboxylic acids is 1. The second-order valence-electron chi connectivity index (χ2n) is 6.25. The van der Waals surface area contributed by atoms with Crippen molar-refractivity contribution in [3.63, 3.8) is 0 Å². The summed E-state index contributed by atoms with van der Waals surface area (Å²) in [6, 6.07) is 14.1. The molecule has 1 N–H and O–H groups in total. The second-order valence-corrected chi connectivity index (χ2v) is 8.07. The van der Waals surface area contributed by atoms with Crippen molar-refractivity contribution < 1.29 is 4.79 Å². The zero-order valence-corrected chi connectivity index (χ0v) is 16.5. The summed E-state index contributed by atoms with van der Waals surface area (Å²) in [5.74, 6) is 0.351. The summed E-state index contributed by atoms with van der Waals surface area (Å²) in [7, 11) is 0. The molecule has 0 spiro atoms. The minimum absolute atomic E-state index is 0.0283. The number of nitrogens with zero attached hydrogens (tertiary/aromatic N) is 4. The maximum absolute atomic E-state index is 12.4. The Kier molecular flexibility index (Phi) is 5.45. The van der Waals surface area contributed by atoms with Crippen LogP contribution in [0.4, 0.5) is 5.69 Å². The zero-order valence-electron chi connectivity index (χ0n) is 14.9. The van der Waals surface area contributed by atoms with E-state index in [9.17, 15) is 4.79 Å². The quantitative estimate of drug-likeness (QED) is 0.641. The van der Waals surface area contributed by atoms with Gasteiger partial charge in [-0.05, 0) is 77.4 Å². The van der Waals surface area contributed by atoms with E-state index in [2.05, 4.69) is 39.0 Å². The predicted molar refractivity (Wildman–Crippen MR) is 109 cm³/mol. The predicted octanol–water partition coefficient (Wildman–Crippen LogP) is 3.60. The van der Waals surface area contributed by atoms with E-state index in [0.29, 0.717) is 10.9 Å². The largest absolute Gasteiger partial charge is 0.325 e. The van der Waals surface area contributed by atoms with Crippen LogP contribution in [0.1, 0.15) is 17.5 Å². The van der Waals surface area contributed by atoms with Crippen LogP contribution in [-0.4, -0.2) is 38.1 Å². The fourth-order valence-electron chi connectivity index (χ4n) is 3.17. The normalized spacial score (nSPS) is 12.8. The number of tetrazole rings is 1. The molecule has 0 fully saturated rings. The SMILES string of the molecule is CSc1nnnn1-c1cccc(NC(=O)CSc2ccc3c(c2)CCC3)c1. The van der Waals surface area contributed by atoms with Crippen molar-refractivity contribution in [3.8, 4) is 5.69 Å². The average Bonchev–Trinajstić information content (AvgIpc) is 3.35. The Labute approximate surface area is 166 Å². The number of benzene rings is 2. The topological polar surface area (TPSA) is 72.7 Å². The number of aromatic nitrogens is 4. The van der Waals surface area contributed by atoms with Gasteiger partial charge in [0.25, 0.3) is 0 Å². The highest BCUT2D eigenvalue weighted by Gasteiger charge is 2.12. The summed E-state index contributed by atoms with van der Waals surface area (Å²) in [6.45, 7) is 0. The lowest BCUT2D eigenvalue weighted by molar-refractivity contribution is -0.113. The van der Waals surface area contributed by atoms with Crippen molar-refractivity contribution in [2.75, 3.05) is 17.3 Å². The van der Waals surface area contributed by atoms with Gasteiger partial charge in [0.2, 0.25) is 11.1 Å². The van der Waals surface area contributed by atoms with E-state index in [1.165, 1.54) is 35.7 Å². The van der Waals surface area contributed by atoms with Gasteiger partial charge in [-0.2, -0.15) is 4.68 Å². The Hall–Kier alpha value is -2.32. The van der Waals surface area contributed by atoms with Crippen LogP contribution in [0.15, 0.2) is 52.5 Å². The van der Waals surface area contributed by atoms with Gasteiger partial charge in [0.05, 0.1) is 11.4 Å². The van der Waals surface area contributed by atoms with Crippen LogP contribution in [0, 0.1) is 0 Å². The van der Waals surface area contributed by atoms with Gasteiger partial charge >= 0.3 is 0 Å². The van der Waals surface area contributed by atoms with Crippen molar-refractivity contribution in [2.45, 2.75) is 29.3 Å². The molecule has 3 aromatic rings. The molecule has 0 radical (unpaired) electrons. The molecule has 6 nitrogen and oxygen atoms in total. The number of anilines is 1. The number of rotatable bonds is 6.